The number of hydrogen-bond acceptors (Lipinski definition) is 3. The fraction of sp³-hybridized carbons (Fsp3) is 0.167. The maximum atomic E-state index is 6.56. The maximum absolute atomic E-state index is 6.56. The molecule has 0 fully saturated rings. The normalized spacial score (nSPS) is 19.4. The Morgan fingerprint density at radius 3 is 2.04 bits per heavy atom. The standard InChI is InChI=1S/C24H22O3/c1-24(18-12-8-5-9-13-18)20-16-23(26-3)22(25-2)15-19(20)21(27-24)14-17-10-6-4-7-11-17/h4-16H,1-3H3/b21-14-. The summed E-state index contributed by atoms with van der Waals surface area (Å²) < 4.78 is 17.6. The molecule has 0 bridgehead atoms. The quantitative estimate of drug-likeness (QED) is 0.617. The van der Waals surface area contributed by atoms with Gasteiger partial charge in [-0.05, 0) is 36.3 Å². The molecule has 1 atom stereocenters. The smallest absolute Gasteiger partial charge is 0.161 e. The molecule has 3 aromatic rings. The zero-order valence-electron chi connectivity index (χ0n) is 15.7. The van der Waals surface area contributed by atoms with E-state index in [4.69, 9.17) is 14.2 Å². The molecule has 0 amide bonds. The van der Waals surface area contributed by atoms with E-state index in [0.29, 0.717) is 11.5 Å². The number of benzene rings is 3. The molecule has 0 aliphatic carbocycles. The van der Waals surface area contributed by atoms with Crippen molar-refractivity contribution in [3.63, 3.8) is 0 Å². The summed E-state index contributed by atoms with van der Waals surface area (Å²) in [6.07, 6.45) is 2.07. The predicted octanol–water partition coefficient (Wildman–Crippen LogP) is 5.50. The highest BCUT2D eigenvalue weighted by Crippen LogP contribution is 2.50. The second kappa shape index (κ2) is 6.84. The Hall–Kier alpha value is -3.20. The average Bonchev–Trinajstić information content (AvgIpc) is 3.00. The van der Waals surface area contributed by atoms with E-state index in [1.807, 2.05) is 48.5 Å². The molecule has 0 spiro atoms. The molecule has 1 aliphatic heterocycles. The van der Waals surface area contributed by atoms with Crippen LogP contribution in [0.2, 0.25) is 0 Å². The molecule has 0 saturated heterocycles. The van der Waals surface area contributed by atoms with Crippen molar-refractivity contribution in [3.05, 3.63) is 95.1 Å². The second-order valence-electron chi connectivity index (χ2n) is 6.67. The van der Waals surface area contributed by atoms with E-state index in [0.717, 1.165) is 28.0 Å². The minimum absolute atomic E-state index is 0.600. The van der Waals surface area contributed by atoms with E-state index >= 15 is 0 Å². The summed E-state index contributed by atoms with van der Waals surface area (Å²) >= 11 is 0. The van der Waals surface area contributed by atoms with Gasteiger partial charge in [0.25, 0.3) is 0 Å². The lowest BCUT2D eigenvalue weighted by Crippen LogP contribution is -2.22. The van der Waals surface area contributed by atoms with Crippen molar-refractivity contribution in [2.45, 2.75) is 12.5 Å². The highest BCUT2D eigenvalue weighted by molar-refractivity contribution is 5.84. The number of hydrogen-bond donors (Lipinski definition) is 0. The maximum Gasteiger partial charge on any atom is 0.161 e. The van der Waals surface area contributed by atoms with Crippen molar-refractivity contribution in [1.82, 2.24) is 0 Å². The second-order valence-corrected chi connectivity index (χ2v) is 6.67. The van der Waals surface area contributed by atoms with Crippen LogP contribution < -0.4 is 9.47 Å². The van der Waals surface area contributed by atoms with Crippen molar-refractivity contribution in [3.8, 4) is 11.5 Å². The molecule has 3 heteroatoms. The molecule has 3 nitrogen and oxygen atoms in total. The lowest BCUT2D eigenvalue weighted by atomic mass is 9.87. The Bertz CT molecular complexity index is 977. The molecule has 1 aliphatic rings. The minimum Gasteiger partial charge on any atom is -0.493 e. The van der Waals surface area contributed by atoms with Gasteiger partial charge in [0.2, 0.25) is 0 Å². The largest absolute Gasteiger partial charge is 0.493 e. The van der Waals surface area contributed by atoms with Gasteiger partial charge in [-0.1, -0.05) is 60.7 Å². The Morgan fingerprint density at radius 1 is 0.815 bits per heavy atom. The Morgan fingerprint density at radius 2 is 1.41 bits per heavy atom. The fourth-order valence-corrected chi connectivity index (χ4v) is 3.59. The highest BCUT2D eigenvalue weighted by atomic mass is 16.5. The topological polar surface area (TPSA) is 27.7 Å². The van der Waals surface area contributed by atoms with Crippen LogP contribution in [-0.2, 0) is 10.3 Å². The average molecular weight is 358 g/mol. The van der Waals surface area contributed by atoms with Gasteiger partial charge in [-0.25, -0.2) is 0 Å². The molecule has 0 aromatic heterocycles. The Kier molecular flexibility index (Phi) is 4.36. The molecule has 0 saturated carbocycles. The van der Waals surface area contributed by atoms with Crippen molar-refractivity contribution >= 4 is 11.8 Å². The van der Waals surface area contributed by atoms with E-state index in [1.54, 1.807) is 14.2 Å². The number of fused-ring (bicyclic) bond motifs is 1. The van der Waals surface area contributed by atoms with Crippen LogP contribution in [0.4, 0.5) is 0 Å². The first-order chi connectivity index (χ1) is 13.2. The molecular formula is C24H22O3. The summed E-state index contributed by atoms with van der Waals surface area (Å²) in [4.78, 5) is 0. The summed E-state index contributed by atoms with van der Waals surface area (Å²) in [5.41, 5.74) is 3.66. The monoisotopic (exact) mass is 358 g/mol. The molecule has 1 unspecified atom stereocenters. The number of rotatable bonds is 4. The van der Waals surface area contributed by atoms with Crippen LogP contribution in [-0.4, -0.2) is 14.2 Å². The van der Waals surface area contributed by atoms with Gasteiger partial charge in [0.05, 0.1) is 14.2 Å². The molecule has 4 rings (SSSR count). The van der Waals surface area contributed by atoms with Gasteiger partial charge >= 0.3 is 0 Å². The van der Waals surface area contributed by atoms with Crippen LogP contribution in [0.3, 0.4) is 0 Å². The molecular weight excluding hydrogens is 336 g/mol. The van der Waals surface area contributed by atoms with E-state index in [9.17, 15) is 0 Å². The zero-order chi connectivity index (χ0) is 18.9. The summed E-state index contributed by atoms with van der Waals surface area (Å²) in [5.74, 6) is 2.21. The van der Waals surface area contributed by atoms with Crippen LogP contribution >= 0.6 is 0 Å². The number of ether oxygens (including phenoxy) is 3. The third-order valence-electron chi connectivity index (χ3n) is 5.04. The number of methoxy groups -OCH3 is 2. The van der Waals surface area contributed by atoms with Gasteiger partial charge < -0.3 is 14.2 Å². The zero-order valence-corrected chi connectivity index (χ0v) is 15.7. The van der Waals surface area contributed by atoms with Crippen molar-refractivity contribution < 1.29 is 14.2 Å². The van der Waals surface area contributed by atoms with Crippen molar-refractivity contribution in [2.75, 3.05) is 14.2 Å². The van der Waals surface area contributed by atoms with Gasteiger partial charge in [0, 0.05) is 11.1 Å². The van der Waals surface area contributed by atoms with Crippen LogP contribution in [0, 0.1) is 0 Å². The van der Waals surface area contributed by atoms with E-state index < -0.39 is 5.60 Å². The van der Waals surface area contributed by atoms with Gasteiger partial charge in [0.15, 0.2) is 17.1 Å². The SMILES string of the molecule is COc1cc2c(cc1OC)C(C)(c1ccccc1)O/C2=C\c1ccccc1. The first kappa shape index (κ1) is 17.2. The van der Waals surface area contributed by atoms with Crippen LogP contribution in [0.1, 0.15) is 29.2 Å². The summed E-state index contributed by atoms with van der Waals surface area (Å²) in [6, 6.07) is 24.4. The summed E-state index contributed by atoms with van der Waals surface area (Å²) in [5, 5.41) is 0. The highest BCUT2D eigenvalue weighted by Gasteiger charge is 2.42. The molecule has 3 aromatic carbocycles. The van der Waals surface area contributed by atoms with Crippen LogP contribution in [0.25, 0.3) is 11.8 Å². The molecule has 0 radical (unpaired) electrons. The van der Waals surface area contributed by atoms with Crippen molar-refractivity contribution in [1.29, 1.82) is 0 Å². The molecule has 1 heterocycles. The predicted molar refractivity (Wildman–Crippen MR) is 108 cm³/mol. The first-order valence-corrected chi connectivity index (χ1v) is 8.94. The minimum atomic E-state index is -0.600. The van der Waals surface area contributed by atoms with Gasteiger partial charge in [0.1, 0.15) is 5.76 Å². The summed E-state index contributed by atoms with van der Waals surface area (Å²) in [6.45, 7) is 2.10. The van der Waals surface area contributed by atoms with Crippen LogP contribution in [0.5, 0.6) is 11.5 Å². The Balaban J connectivity index is 1.93. The molecule has 27 heavy (non-hydrogen) atoms. The third-order valence-corrected chi connectivity index (χ3v) is 5.04. The van der Waals surface area contributed by atoms with Crippen molar-refractivity contribution in [2.24, 2.45) is 0 Å². The fourth-order valence-electron chi connectivity index (χ4n) is 3.59. The third kappa shape index (κ3) is 2.95. The first-order valence-electron chi connectivity index (χ1n) is 8.94. The van der Waals surface area contributed by atoms with E-state index in [2.05, 4.69) is 37.3 Å². The van der Waals surface area contributed by atoms with Crippen LogP contribution in [0.15, 0.2) is 72.8 Å². The van der Waals surface area contributed by atoms with Gasteiger partial charge in [-0.15, -0.1) is 0 Å². The molecule has 136 valence electrons. The summed E-state index contributed by atoms with van der Waals surface area (Å²) in [7, 11) is 3.30. The van der Waals surface area contributed by atoms with E-state index in [1.165, 1.54) is 0 Å². The van der Waals surface area contributed by atoms with Gasteiger partial charge in [-0.3, -0.25) is 0 Å². The lowest BCUT2D eigenvalue weighted by Gasteiger charge is -2.26. The van der Waals surface area contributed by atoms with E-state index in [-0.39, 0.29) is 0 Å². The molecule has 0 N–H and O–H groups in total. The Labute approximate surface area is 159 Å². The lowest BCUT2D eigenvalue weighted by molar-refractivity contribution is 0.117. The van der Waals surface area contributed by atoms with Gasteiger partial charge in [-0.2, -0.15) is 0 Å².